The van der Waals surface area contributed by atoms with Crippen molar-refractivity contribution in [3.05, 3.63) is 52.0 Å². The highest BCUT2D eigenvalue weighted by Crippen LogP contribution is 2.33. The summed E-state index contributed by atoms with van der Waals surface area (Å²) in [7, 11) is 1.27. The molecule has 4 nitrogen and oxygen atoms in total. The van der Waals surface area contributed by atoms with Gasteiger partial charge < -0.3 is 4.74 Å². The fourth-order valence-corrected chi connectivity index (χ4v) is 2.85. The van der Waals surface area contributed by atoms with Gasteiger partial charge in [0.2, 0.25) is 0 Å². The Hall–Kier alpha value is -2.18. The van der Waals surface area contributed by atoms with Crippen LogP contribution in [0.25, 0.3) is 22.2 Å². The molecule has 0 unspecified atom stereocenters. The maximum Gasteiger partial charge on any atom is 0.337 e. The molecular formula is C17H12Cl2F2N2O2. The summed E-state index contributed by atoms with van der Waals surface area (Å²) in [6.07, 6.45) is -2.56. The molecule has 3 aromatic rings. The molecule has 0 radical (unpaired) electrons. The minimum atomic E-state index is -2.56. The zero-order chi connectivity index (χ0) is 18.1. The number of fused-ring (bicyclic) bond motifs is 1. The van der Waals surface area contributed by atoms with Gasteiger partial charge in [-0.2, -0.15) is 5.10 Å². The molecule has 3 rings (SSSR count). The molecule has 0 aliphatic rings. The van der Waals surface area contributed by atoms with Gasteiger partial charge in [-0.1, -0.05) is 29.3 Å². The smallest absolute Gasteiger partial charge is 0.337 e. The zero-order valence-electron chi connectivity index (χ0n) is 13.0. The van der Waals surface area contributed by atoms with Crippen LogP contribution in [0.2, 0.25) is 10.0 Å². The average Bonchev–Trinajstić information content (AvgIpc) is 2.94. The van der Waals surface area contributed by atoms with Gasteiger partial charge in [-0.15, -0.1) is 0 Å². The van der Waals surface area contributed by atoms with Crippen LogP contribution in [-0.4, -0.2) is 29.3 Å². The topological polar surface area (TPSA) is 44.1 Å². The molecule has 1 aromatic heterocycles. The molecule has 2 aromatic carbocycles. The average molecular weight is 385 g/mol. The van der Waals surface area contributed by atoms with E-state index < -0.39 is 18.9 Å². The normalized spacial score (nSPS) is 11.3. The van der Waals surface area contributed by atoms with E-state index in [4.69, 9.17) is 27.9 Å². The van der Waals surface area contributed by atoms with Gasteiger partial charge in [-0.25, -0.2) is 13.6 Å². The number of esters is 1. The summed E-state index contributed by atoms with van der Waals surface area (Å²) in [4.78, 5) is 11.8. The predicted octanol–water partition coefficient (Wildman–Crippen LogP) is 5.06. The number of aromatic nitrogens is 2. The van der Waals surface area contributed by atoms with Crippen molar-refractivity contribution in [2.45, 2.75) is 13.0 Å². The Morgan fingerprint density at radius 1 is 1.20 bits per heavy atom. The van der Waals surface area contributed by atoms with E-state index in [2.05, 4.69) is 5.10 Å². The van der Waals surface area contributed by atoms with E-state index >= 15 is 0 Å². The van der Waals surface area contributed by atoms with Gasteiger partial charge >= 0.3 is 5.97 Å². The molecule has 0 bridgehead atoms. The highest BCUT2D eigenvalue weighted by atomic mass is 35.5. The van der Waals surface area contributed by atoms with Gasteiger partial charge in [-0.3, -0.25) is 4.68 Å². The van der Waals surface area contributed by atoms with Gasteiger partial charge in [0.25, 0.3) is 6.43 Å². The molecular weight excluding hydrogens is 373 g/mol. The van der Waals surface area contributed by atoms with Crippen LogP contribution in [0.5, 0.6) is 0 Å². The summed E-state index contributed by atoms with van der Waals surface area (Å²) in [6, 6.07) is 9.53. The number of halogens is 4. The van der Waals surface area contributed by atoms with Crippen molar-refractivity contribution in [3.8, 4) is 11.3 Å². The van der Waals surface area contributed by atoms with Crippen molar-refractivity contribution in [1.82, 2.24) is 9.78 Å². The highest BCUT2D eigenvalue weighted by Gasteiger charge is 2.18. The van der Waals surface area contributed by atoms with Crippen molar-refractivity contribution in [2.24, 2.45) is 0 Å². The lowest BCUT2D eigenvalue weighted by Crippen LogP contribution is -2.08. The molecule has 130 valence electrons. The molecule has 0 spiro atoms. The number of carbonyl (C=O) groups excluding carboxylic acids is 1. The summed E-state index contributed by atoms with van der Waals surface area (Å²) in [5, 5.41) is 5.51. The van der Waals surface area contributed by atoms with Crippen LogP contribution >= 0.6 is 23.2 Å². The molecule has 0 saturated carbocycles. The number of methoxy groups -OCH3 is 1. The first-order chi connectivity index (χ1) is 11.9. The molecule has 25 heavy (non-hydrogen) atoms. The number of benzene rings is 2. The molecule has 0 amide bonds. The number of carbonyl (C=O) groups is 1. The van der Waals surface area contributed by atoms with Crippen molar-refractivity contribution < 1.29 is 18.3 Å². The Kier molecular flexibility index (Phi) is 4.92. The molecule has 0 aliphatic heterocycles. The Bertz CT molecular complexity index is 957. The summed E-state index contributed by atoms with van der Waals surface area (Å²) in [5.41, 5.74) is 1.82. The number of alkyl halides is 2. The molecule has 0 atom stereocenters. The number of hydrogen-bond acceptors (Lipinski definition) is 3. The highest BCUT2D eigenvalue weighted by molar-refractivity contribution is 6.42. The third-order valence-electron chi connectivity index (χ3n) is 3.68. The standard InChI is InChI=1S/C17H12Cl2F2N2O2/c1-25-17(24)10-3-5-14-11(6-10)16(22-23(14)8-15(20)21)9-2-4-12(18)13(19)7-9/h2-7,15H,8H2,1H3. The fraction of sp³-hybridized carbons (Fsp3) is 0.176. The monoisotopic (exact) mass is 384 g/mol. The van der Waals surface area contributed by atoms with E-state index in [9.17, 15) is 13.6 Å². The largest absolute Gasteiger partial charge is 0.465 e. The second kappa shape index (κ2) is 6.98. The number of rotatable bonds is 4. The third-order valence-corrected chi connectivity index (χ3v) is 4.41. The Morgan fingerprint density at radius 2 is 1.96 bits per heavy atom. The van der Waals surface area contributed by atoms with Crippen LogP contribution in [0.4, 0.5) is 8.78 Å². The van der Waals surface area contributed by atoms with Crippen molar-refractivity contribution >= 4 is 40.1 Å². The van der Waals surface area contributed by atoms with Crippen LogP contribution in [0.3, 0.4) is 0 Å². The van der Waals surface area contributed by atoms with Crippen molar-refractivity contribution in [3.63, 3.8) is 0 Å². The maximum atomic E-state index is 12.9. The SMILES string of the molecule is COC(=O)c1ccc2c(c1)c(-c1ccc(Cl)c(Cl)c1)nn2CC(F)F. The summed E-state index contributed by atoms with van der Waals surface area (Å²) >= 11 is 12.0. The second-order valence-corrected chi connectivity index (χ2v) is 6.09. The van der Waals surface area contributed by atoms with Gasteiger partial charge in [0, 0.05) is 10.9 Å². The molecule has 1 heterocycles. The van der Waals surface area contributed by atoms with Crippen LogP contribution < -0.4 is 0 Å². The lowest BCUT2D eigenvalue weighted by molar-refractivity contribution is 0.0601. The fourth-order valence-electron chi connectivity index (χ4n) is 2.55. The Labute approximate surface area is 151 Å². The summed E-state index contributed by atoms with van der Waals surface area (Å²) in [6.45, 7) is -0.560. The van der Waals surface area contributed by atoms with E-state index in [1.807, 2.05) is 0 Å². The number of nitrogens with zero attached hydrogens (tertiary/aromatic N) is 2. The molecule has 0 fully saturated rings. The minimum absolute atomic E-state index is 0.299. The molecule has 8 heteroatoms. The summed E-state index contributed by atoms with van der Waals surface area (Å²) in [5.74, 6) is -0.524. The maximum absolute atomic E-state index is 12.9. The van der Waals surface area contributed by atoms with Crippen LogP contribution in [0.15, 0.2) is 36.4 Å². The Morgan fingerprint density at radius 3 is 2.60 bits per heavy atom. The van der Waals surface area contributed by atoms with Crippen LogP contribution in [0.1, 0.15) is 10.4 Å². The Balaban J connectivity index is 2.24. The van der Waals surface area contributed by atoms with Crippen LogP contribution in [-0.2, 0) is 11.3 Å². The first-order valence-electron chi connectivity index (χ1n) is 7.23. The molecule has 0 N–H and O–H groups in total. The van der Waals surface area contributed by atoms with E-state index in [0.717, 1.165) is 0 Å². The first kappa shape index (κ1) is 17.6. The lowest BCUT2D eigenvalue weighted by atomic mass is 10.1. The van der Waals surface area contributed by atoms with Crippen LogP contribution in [0, 0.1) is 0 Å². The molecule has 0 saturated heterocycles. The minimum Gasteiger partial charge on any atom is -0.465 e. The molecule has 0 aliphatic carbocycles. The number of hydrogen-bond donors (Lipinski definition) is 0. The van der Waals surface area contributed by atoms with E-state index in [1.54, 1.807) is 30.3 Å². The second-order valence-electron chi connectivity index (χ2n) is 5.27. The van der Waals surface area contributed by atoms with Gasteiger partial charge in [0.1, 0.15) is 12.2 Å². The summed E-state index contributed by atoms with van der Waals surface area (Å²) < 4.78 is 31.7. The zero-order valence-corrected chi connectivity index (χ0v) is 14.5. The lowest BCUT2D eigenvalue weighted by Gasteiger charge is -2.03. The van der Waals surface area contributed by atoms with E-state index in [0.29, 0.717) is 37.8 Å². The quantitative estimate of drug-likeness (QED) is 0.590. The van der Waals surface area contributed by atoms with E-state index in [1.165, 1.54) is 17.9 Å². The van der Waals surface area contributed by atoms with Gasteiger partial charge in [-0.05, 0) is 30.3 Å². The van der Waals surface area contributed by atoms with Crippen molar-refractivity contribution in [2.75, 3.05) is 7.11 Å². The number of ether oxygens (including phenoxy) is 1. The first-order valence-corrected chi connectivity index (χ1v) is 7.98. The van der Waals surface area contributed by atoms with Gasteiger partial charge in [0.05, 0.1) is 28.2 Å². The predicted molar refractivity (Wildman–Crippen MR) is 92.5 cm³/mol. The third kappa shape index (κ3) is 3.45. The van der Waals surface area contributed by atoms with Crippen molar-refractivity contribution in [1.29, 1.82) is 0 Å². The van der Waals surface area contributed by atoms with E-state index in [-0.39, 0.29) is 0 Å². The van der Waals surface area contributed by atoms with Gasteiger partial charge in [0.15, 0.2) is 0 Å².